The van der Waals surface area contributed by atoms with Gasteiger partial charge in [0.2, 0.25) is 0 Å². The molecule has 0 aliphatic heterocycles. The molecule has 0 saturated heterocycles. The fourth-order valence-corrected chi connectivity index (χ4v) is 5.51. The number of carboxylic acid groups (broad SMARTS) is 1. The fourth-order valence-electron chi connectivity index (χ4n) is 4.84. The van der Waals surface area contributed by atoms with Crippen molar-refractivity contribution in [1.82, 2.24) is 10.3 Å². The molecule has 1 aromatic heterocycles. The van der Waals surface area contributed by atoms with E-state index in [0.717, 1.165) is 40.4 Å². The van der Waals surface area contributed by atoms with E-state index in [1.807, 2.05) is 48.7 Å². The Kier molecular flexibility index (Phi) is 8.80. The van der Waals surface area contributed by atoms with Gasteiger partial charge in [0.15, 0.2) is 0 Å². The maximum absolute atomic E-state index is 12.5. The Balaban J connectivity index is 1.76. The molecule has 0 fully saturated rings. The van der Waals surface area contributed by atoms with Crippen LogP contribution in [0.15, 0.2) is 66.9 Å². The first-order valence-electron chi connectivity index (χ1n) is 12.1. The molecule has 3 N–H and O–H groups in total. The smallest absolute Gasteiger partial charge is 0.305 e. The Morgan fingerprint density at radius 2 is 1.62 bits per heavy atom. The van der Waals surface area contributed by atoms with Gasteiger partial charge >= 0.3 is 5.97 Å². The molecule has 0 bridgehead atoms. The van der Waals surface area contributed by atoms with Crippen molar-refractivity contribution in [2.45, 2.75) is 38.0 Å². The highest BCUT2D eigenvalue weighted by Crippen LogP contribution is 2.45. The lowest BCUT2D eigenvalue weighted by molar-refractivity contribution is -0.136. The Hall–Kier alpha value is -2.99. The number of nitrogens with one attached hydrogen (secondary N) is 2. The number of carboxylic acids is 1. The number of amides is 1. The van der Waals surface area contributed by atoms with Crippen molar-refractivity contribution >= 4 is 57.6 Å². The first-order chi connectivity index (χ1) is 17.8. The van der Waals surface area contributed by atoms with Gasteiger partial charge in [-0.15, -0.1) is 0 Å². The zero-order valence-electron chi connectivity index (χ0n) is 20.2. The Bertz CT molecular complexity index is 1400. The second kappa shape index (κ2) is 12.0. The highest BCUT2D eigenvalue weighted by atomic mass is 35.5. The van der Waals surface area contributed by atoms with Gasteiger partial charge in [0.25, 0.3) is 5.91 Å². The van der Waals surface area contributed by atoms with Crippen LogP contribution >= 0.6 is 34.8 Å². The highest BCUT2D eigenvalue weighted by molar-refractivity contribution is 6.38. The molecular weight excluding hydrogens is 531 g/mol. The third-order valence-electron chi connectivity index (χ3n) is 6.53. The molecule has 4 aromatic rings. The first kappa shape index (κ1) is 27.1. The van der Waals surface area contributed by atoms with Crippen molar-refractivity contribution in [3.8, 4) is 0 Å². The lowest BCUT2D eigenvalue weighted by atomic mass is 9.75. The van der Waals surface area contributed by atoms with Crippen LogP contribution in [-0.2, 0) is 4.79 Å². The number of carbonyl (C=O) groups excluding carboxylic acids is 1. The first-order valence-corrected chi connectivity index (χ1v) is 13.2. The Morgan fingerprint density at radius 3 is 2.27 bits per heavy atom. The largest absolute Gasteiger partial charge is 0.481 e. The normalized spacial score (nSPS) is 12.9. The molecular formula is C29H27Cl3N2O3. The maximum Gasteiger partial charge on any atom is 0.305 e. The average molecular weight is 558 g/mol. The molecule has 0 aliphatic rings. The van der Waals surface area contributed by atoms with Crippen LogP contribution in [-0.4, -0.2) is 28.5 Å². The van der Waals surface area contributed by atoms with Crippen molar-refractivity contribution in [1.29, 1.82) is 0 Å². The van der Waals surface area contributed by atoms with E-state index in [4.69, 9.17) is 39.9 Å². The Morgan fingerprint density at radius 1 is 0.946 bits per heavy atom. The number of hydrogen-bond acceptors (Lipinski definition) is 2. The standard InChI is InChI=1S/C29H27Cl3N2O3/c1-2-3-22(17-4-6-19(7-5-17)29(37)33-13-12-26(35)36)27(18-8-10-20(30)11-9-18)24-16-34-28-23(24)14-21(31)15-25(28)32/h4-11,14-16,22,27,34H,2-3,12-13H2,1H3,(H,33,37)(H,35,36)/t22-,27-/m1/s1. The van der Waals surface area contributed by atoms with E-state index < -0.39 is 5.97 Å². The zero-order chi connectivity index (χ0) is 26.5. The molecule has 8 heteroatoms. The van der Waals surface area contributed by atoms with Gasteiger partial charge in [-0.05, 0) is 65.4 Å². The summed E-state index contributed by atoms with van der Waals surface area (Å²) in [5.74, 6) is -1.19. The van der Waals surface area contributed by atoms with Gasteiger partial charge in [0.1, 0.15) is 0 Å². The molecule has 0 radical (unpaired) electrons. The summed E-state index contributed by atoms with van der Waals surface area (Å²) in [6, 6.07) is 19.1. The van der Waals surface area contributed by atoms with Crippen LogP contribution in [0.5, 0.6) is 0 Å². The van der Waals surface area contributed by atoms with Gasteiger partial charge in [-0.1, -0.05) is 72.4 Å². The van der Waals surface area contributed by atoms with Gasteiger partial charge in [0, 0.05) is 39.7 Å². The monoisotopic (exact) mass is 556 g/mol. The number of halogens is 3. The van der Waals surface area contributed by atoms with Crippen LogP contribution in [0.4, 0.5) is 0 Å². The fraction of sp³-hybridized carbons (Fsp3) is 0.241. The average Bonchev–Trinajstić information content (AvgIpc) is 3.28. The minimum Gasteiger partial charge on any atom is -0.481 e. The summed E-state index contributed by atoms with van der Waals surface area (Å²) in [7, 11) is 0. The number of benzene rings is 3. The van der Waals surface area contributed by atoms with Crippen LogP contribution in [0.1, 0.15) is 65.1 Å². The molecule has 3 aromatic carbocycles. The van der Waals surface area contributed by atoms with Crippen LogP contribution in [0.25, 0.3) is 10.9 Å². The van der Waals surface area contributed by atoms with Crippen molar-refractivity contribution in [3.05, 3.63) is 104 Å². The van der Waals surface area contributed by atoms with Gasteiger partial charge in [0.05, 0.1) is 17.0 Å². The Labute approximate surface area is 230 Å². The lowest BCUT2D eigenvalue weighted by Crippen LogP contribution is -2.26. The molecule has 2 atom stereocenters. The molecule has 5 nitrogen and oxygen atoms in total. The summed E-state index contributed by atoms with van der Waals surface area (Å²) in [6.07, 6.45) is 3.73. The summed E-state index contributed by atoms with van der Waals surface area (Å²) >= 11 is 19.1. The summed E-state index contributed by atoms with van der Waals surface area (Å²) in [5.41, 5.74) is 4.60. The molecule has 192 valence electrons. The molecule has 0 unspecified atom stereocenters. The van der Waals surface area contributed by atoms with Crippen LogP contribution in [0.3, 0.4) is 0 Å². The minimum atomic E-state index is -0.953. The molecule has 4 rings (SSSR count). The number of fused-ring (bicyclic) bond motifs is 1. The number of H-pyrrole nitrogens is 1. The summed E-state index contributed by atoms with van der Waals surface area (Å²) in [4.78, 5) is 26.5. The van der Waals surface area contributed by atoms with Gasteiger partial charge in [-0.2, -0.15) is 0 Å². The third kappa shape index (κ3) is 6.30. The second-order valence-electron chi connectivity index (χ2n) is 9.00. The minimum absolute atomic E-state index is 0.0317. The second-order valence-corrected chi connectivity index (χ2v) is 10.3. The number of hydrogen-bond donors (Lipinski definition) is 3. The highest BCUT2D eigenvalue weighted by Gasteiger charge is 2.29. The molecule has 0 spiro atoms. The van der Waals surface area contributed by atoms with Gasteiger partial charge < -0.3 is 15.4 Å². The predicted molar refractivity (Wildman–Crippen MR) is 150 cm³/mol. The number of aromatic amines is 1. The molecule has 1 amide bonds. The summed E-state index contributed by atoms with van der Waals surface area (Å²) in [5, 5.41) is 14.2. The summed E-state index contributed by atoms with van der Waals surface area (Å²) in [6.45, 7) is 2.23. The van der Waals surface area contributed by atoms with Crippen molar-refractivity contribution in [3.63, 3.8) is 0 Å². The third-order valence-corrected chi connectivity index (χ3v) is 7.30. The maximum atomic E-state index is 12.5. The lowest BCUT2D eigenvalue weighted by Gasteiger charge is -2.28. The van der Waals surface area contributed by atoms with Crippen LogP contribution in [0.2, 0.25) is 15.1 Å². The van der Waals surface area contributed by atoms with E-state index in [1.54, 1.807) is 18.2 Å². The molecule has 37 heavy (non-hydrogen) atoms. The van der Waals surface area contributed by atoms with E-state index in [9.17, 15) is 9.59 Å². The van der Waals surface area contributed by atoms with E-state index in [1.165, 1.54) is 0 Å². The van der Waals surface area contributed by atoms with E-state index >= 15 is 0 Å². The van der Waals surface area contributed by atoms with E-state index in [-0.39, 0.29) is 30.7 Å². The predicted octanol–water partition coefficient (Wildman–Crippen LogP) is 8.05. The number of aliphatic carboxylic acids is 1. The van der Waals surface area contributed by atoms with Gasteiger partial charge in [-0.25, -0.2) is 0 Å². The molecule has 1 heterocycles. The zero-order valence-corrected chi connectivity index (χ0v) is 22.5. The van der Waals surface area contributed by atoms with Crippen LogP contribution < -0.4 is 5.32 Å². The van der Waals surface area contributed by atoms with Crippen LogP contribution in [0, 0.1) is 0 Å². The van der Waals surface area contributed by atoms with E-state index in [2.05, 4.69) is 17.2 Å². The van der Waals surface area contributed by atoms with Crippen molar-refractivity contribution in [2.75, 3.05) is 6.54 Å². The number of aromatic nitrogens is 1. The topological polar surface area (TPSA) is 82.2 Å². The molecule has 0 saturated carbocycles. The molecule has 0 aliphatic carbocycles. The quantitative estimate of drug-likeness (QED) is 0.184. The van der Waals surface area contributed by atoms with Gasteiger partial charge in [-0.3, -0.25) is 9.59 Å². The van der Waals surface area contributed by atoms with E-state index in [0.29, 0.717) is 20.6 Å². The summed E-state index contributed by atoms with van der Waals surface area (Å²) < 4.78 is 0. The SMILES string of the molecule is CCC[C@H](c1ccc(C(=O)NCCC(=O)O)cc1)[C@@H](c1ccc(Cl)cc1)c1c[nH]c2c(Cl)cc(Cl)cc12. The number of carbonyl (C=O) groups is 2. The number of rotatable bonds is 10. The van der Waals surface area contributed by atoms with Crippen molar-refractivity contribution < 1.29 is 14.7 Å². The van der Waals surface area contributed by atoms with Crippen molar-refractivity contribution in [2.24, 2.45) is 0 Å².